The Morgan fingerprint density at radius 1 is 1.11 bits per heavy atom. The lowest BCUT2D eigenvalue weighted by molar-refractivity contribution is -0.125. The highest BCUT2D eigenvalue weighted by Gasteiger charge is 2.17. The van der Waals surface area contributed by atoms with E-state index in [1.165, 1.54) is 0 Å². The van der Waals surface area contributed by atoms with E-state index in [9.17, 15) is 14.4 Å². The van der Waals surface area contributed by atoms with Gasteiger partial charge in [-0.15, -0.1) is 0 Å². The number of nitrogens with zero attached hydrogens (tertiary/aromatic N) is 1. The number of methoxy groups -OCH3 is 1. The van der Waals surface area contributed by atoms with E-state index in [1.807, 2.05) is 0 Å². The molecule has 0 unspecified atom stereocenters. The van der Waals surface area contributed by atoms with Gasteiger partial charge >= 0.3 is 0 Å². The van der Waals surface area contributed by atoms with Crippen molar-refractivity contribution < 1.29 is 14.3 Å². The summed E-state index contributed by atoms with van der Waals surface area (Å²) in [7, 11) is 1.56. The van der Waals surface area contributed by atoms with Gasteiger partial charge in [0.05, 0.1) is 24.6 Å². The first-order chi connectivity index (χ1) is 13.5. The summed E-state index contributed by atoms with van der Waals surface area (Å²) in [4.78, 5) is 36.5. The van der Waals surface area contributed by atoms with Crippen molar-refractivity contribution in [2.75, 3.05) is 12.4 Å². The normalized spacial score (nSPS) is 11.6. The number of H-pyrrole nitrogens is 1. The van der Waals surface area contributed by atoms with Crippen LogP contribution in [0.5, 0.6) is 5.75 Å². The first kappa shape index (κ1) is 19.1. The molecule has 1 heterocycles. The standard InChI is InChI=1S/C20H20N4O4/c1-12(19(26)22-13-7-9-14(28-2)10-8-13)21-18(25)11-17-15-5-3-4-6-16(15)20(27)24-23-17/h3-10,12H,11H2,1-2H3,(H,21,25)(H,22,26)(H,24,27)/t12-/m1/s1. The molecular weight excluding hydrogens is 360 g/mol. The number of aromatic nitrogens is 2. The Labute approximate surface area is 160 Å². The van der Waals surface area contributed by atoms with Crippen LogP contribution in [0.4, 0.5) is 5.69 Å². The number of hydrogen-bond acceptors (Lipinski definition) is 5. The van der Waals surface area contributed by atoms with Crippen LogP contribution >= 0.6 is 0 Å². The average molecular weight is 380 g/mol. The third kappa shape index (κ3) is 4.35. The van der Waals surface area contributed by atoms with Gasteiger partial charge in [-0.1, -0.05) is 18.2 Å². The number of ether oxygens (including phenoxy) is 1. The summed E-state index contributed by atoms with van der Waals surface area (Å²) in [6, 6.07) is 13.1. The van der Waals surface area contributed by atoms with E-state index in [0.717, 1.165) is 0 Å². The van der Waals surface area contributed by atoms with Crippen molar-refractivity contribution in [2.45, 2.75) is 19.4 Å². The van der Waals surface area contributed by atoms with Crippen molar-refractivity contribution in [1.29, 1.82) is 0 Å². The van der Waals surface area contributed by atoms with Gasteiger partial charge in [0.2, 0.25) is 11.8 Å². The van der Waals surface area contributed by atoms with Crippen molar-refractivity contribution in [3.05, 3.63) is 64.6 Å². The number of amides is 2. The van der Waals surface area contributed by atoms with E-state index in [4.69, 9.17) is 4.74 Å². The van der Waals surface area contributed by atoms with Gasteiger partial charge in [0, 0.05) is 11.1 Å². The quantitative estimate of drug-likeness (QED) is 0.601. The van der Waals surface area contributed by atoms with E-state index >= 15 is 0 Å². The highest BCUT2D eigenvalue weighted by atomic mass is 16.5. The molecule has 0 aliphatic carbocycles. The molecule has 3 rings (SSSR count). The Kier molecular flexibility index (Phi) is 5.69. The topological polar surface area (TPSA) is 113 Å². The Morgan fingerprint density at radius 3 is 2.46 bits per heavy atom. The predicted molar refractivity (Wildman–Crippen MR) is 105 cm³/mol. The van der Waals surface area contributed by atoms with Crippen molar-refractivity contribution in [1.82, 2.24) is 15.5 Å². The van der Waals surface area contributed by atoms with Gasteiger partial charge in [-0.25, -0.2) is 5.10 Å². The SMILES string of the molecule is COc1ccc(NC(=O)[C@@H](C)NC(=O)Cc2n[nH]c(=O)c3ccccc23)cc1. The van der Waals surface area contributed by atoms with Crippen LogP contribution in [0.25, 0.3) is 10.8 Å². The second-order valence-electron chi connectivity index (χ2n) is 6.23. The average Bonchev–Trinajstić information content (AvgIpc) is 2.71. The van der Waals surface area contributed by atoms with Crippen LogP contribution in [0.15, 0.2) is 53.3 Å². The number of aromatic amines is 1. The molecule has 1 aromatic heterocycles. The molecule has 3 aromatic rings. The van der Waals surface area contributed by atoms with Gasteiger partial charge in [-0.05, 0) is 37.3 Å². The number of carbonyl (C=O) groups is 2. The largest absolute Gasteiger partial charge is 0.497 e. The molecular formula is C20H20N4O4. The molecule has 2 aromatic carbocycles. The molecule has 0 saturated heterocycles. The summed E-state index contributed by atoms with van der Waals surface area (Å²) in [6.45, 7) is 1.59. The maximum Gasteiger partial charge on any atom is 0.272 e. The third-order valence-electron chi connectivity index (χ3n) is 4.23. The van der Waals surface area contributed by atoms with Crippen LogP contribution < -0.4 is 20.9 Å². The van der Waals surface area contributed by atoms with Crippen LogP contribution in [0.3, 0.4) is 0 Å². The molecule has 0 radical (unpaired) electrons. The first-order valence-electron chi connectivity index (χ1n) is 8.68. The first-order valence-corrected chi connectivity index (χ1v) is 8.68. The molecule has 144 valence electrons. The highest BCUT2D eigenvalue weighted by molar-refractivity contribution is 5.97. The summed E-state index contributed by atoms with van der Waals surface area (Å²) >= 11 is 0. The number of carbonyl (C=O) groups excluding carboxylic acids is 2. The maximum atomic E-state index is 12.4. The van der Waals surface area contributed by atoms with E-state index in [1.54, 1.807) is 62.6 Å². The predicted octanol–water partition coefficient (Wildman–Crippen LogP) is 1.62. The van der Waals surface area contributed by atoms with Crippen molar-refractivity contribution >= 4 is 28.3 Å². The number of fused-ring (bicyclic) bond motifs is 1. The molecule has 2 amide bonds. The summed E-state index contributed by atoms with van der Waals surface area (Å²) < 4.78 is 5.07. The van der Waals surface area contributed by atoms with E-state index in [2.05, 4.69) is 20.8 Å². The fourth-order valence-corrected chi connectivity index (χ4v) is 2.74. The smallest absolute Gasteiger partial charge is 0.272 e. The van der Waals surface area contributed by atoms with Crippen molar-refractivity contribution in [2.24, 2.45) is 0 Å². The molecule has 8 nitrogen and oxygen atoms in total. The molecule has 0 saturated carbocycles. The van der Waals surface area contributed by atoms with Gasteiger partial charge < -0.3 is 15.4 Å². The molecule has 0 aliphatic heterocycles. The van der Waals surface area contributed by atoms with Gasteiger partial charge in [0.15, 0.2) is 0 Å². The lowest BCUT2D eigenvalue weighted by Gasteiger charge is -2.14. The molecule has 0 spiro atoms. The highest BCUT2D eigenvalue weighted by Crippen LogP contribution is 2.15. The summed E-state index contributed by atoms with van der Waals surface area (Å²) in [6.07, 6.45) is -0.0581. The number of anilines is 1. The van der Waals surface area contributed by atoms with Crippen molar-refractivity contribution in [3.63, 3.8) is 0 Å². The minimum absolute atomic E-state index is 0.0581. The second kappa shape index (κ2) is 8.34. The molecule has 0 fully saturated rings. The Hall–Kier alpha value is -3.68. The molecule has 1 atom stereocenters. The zero-order valence-corrected chi connectivity index (χ0v) is 15.5. The van der Waals surface area contributed by atoms with Crippen molar-refractivity contribution in [3.8, 4) is 5.75 Å². The van der Waals surface area contributed by atoms with E-state index in [0.29, 0.717) is 27.9 Å². The van der Waals surface area contributed by atoms with Crippen LogP contribution in [0.2, 0.25) is 0 Å². The minimum atomic E-state index is -0.747. The Morgan fingerprint density at radius 2 is 1.79 bits per heavy atom. The molecule has 0 bridgehead atoms. The fourth-order valence-electron chi connectivity index (χ4n) is 2.74. The van der Waals surface area contributed by atoms with Gasteiger partial charge in [-0.2, -0.15) is 5.10 Å². The van der Waals surface area contributed by atoms with Crippen LogP contribution in [-0.4, -0.2) is 35.2 Å². The second-order valence-corrected chi connectivity index (χ2v) is 6.23. The molecule has 28 heavy (non-hydrogen) atoms. The van der Waals surface area contributed by atoms with E-state index in [-0.39, 0.29) is 23.8 Å². The fraction of sp³-hybridized carbons (Fsp3) is 0.200. The number of nitrogens with one attached hydrogen (secondary N) is 3. The van der Waals surface area contributed by atoms with Crippen LogP contribution in [0.1, 0.15) is 12.6 Å². The molecule has 8 heteroatoms. The lowest BCUT2D eigenvalue weighted by atomic mass is 10.1. The maximum absolute atomic E-state index is 12.4. The minimum Gasteiger partial charge on any atom is -0.497 e. The van der Waals surface area contributed by atoms with Gasteiger partial charge in [0.1, 0.15) is 11.8 Å². The Bertz CT molecular complexity index is 1060. The summed E-state index contributed by atoms with van der Waals surface area (Å²) in [5, 5.41) is 12.8. The number of benzene rings is 2. The monoisotopic (exact) mass is 380 g/mol. The van der Waals surface area contributed by atoms with Crippen LogP contribution in [0, 0.1) is 0 Å². The third-order valence-corrected chi connectivity index (χ3v) is 4.23. The van der Waals surface area contributed by atoms with Gasteiger partial charge in [0.25, 0.3) is 5.56 Å². The lowest BCUT2D eigenvalue weighted by Crippen LogP contribution is -2.42. The molecule has 0 aliphatic rings. The summed E-state index contributed by atoms with van der Waals surface area (Å²) in [5.74, 6) is -0.0418. The molecule has 3 N–H and O–H groups in total. The Balaban J connectivity index is 1.63. The van der Waals surface area contributed by atoms with E-state index < -0.39 is 6.04 Å². The summed E-state index contributed by atoms with van der Waals surface area (Å²) in [5.41, 5.74) is 0.725. The van der Waals surface area contributed by atoms with Gasteiger partial charge in [-0.3, -0.25) is 14.4 Å². The number of rotatable bonds is 6. The number of hydrogen-bond donors (Lipinski definition) is 3. The van der Waals surface area contributed by atoms with Crippen LogP contribution in [-0.2, 0) is 16.0 Å². The zero-order valence-electron chi connectivity index (χ0n) is 15.5. The zero-order chi connectivity index (χ0) is 20.1.